The Balaban J connectivity index is 0. The summed E-state index contributed by atoms with van der Waals surface area (Å²) < 4.78 is 0. The maximum Gasteiger partial charge on any atom is 0.0599 e. The van der Waals surface area contributed by atoms with Crippen LogP contribution in [-0.2, 0) is 6.42 Å². The van der Waals surface area contributed by atoms with Gasteiger partial charge in [-0.3, -0.25) is 9.97 Å². The van der Waals surface area contributed by atoms with Gasteiger partial charge in [0.2, 0.25) is 0 Å². The van der Waals surface area contributed by atoms with Crippen molar-refractivity contribution >= 4 is 12.4 Å². The molecule has 0 unspecified atom stereocenters. The predicted octanol–water partition coefficient (Wildman–Crippen LogP) is -0.425. The van der Waals surface area contributed by atoms with E-state index in [0.717, 1.165) is 12.1 Å². The molecular formula is C6H12ClN3O. The lowest BCUT2D eigenvalue weighted by Crippen LogP contribution is -2.04. The van der Waals surface area contributed by atoms with Gasteiger partial charge in [-0.05, 0) is 6.54 Å². The summed E-state index contributed by atoms with van der Waals surface area (Å²) >= 11 is 0. The summed E-state index contributed by atoms with van der Waals surface area (Å²) in [5.74, 6) is 0. The highest BCUT2D eigenvalue weighted by molar-refractivity contribution is 5.85. The van der Waals surface area contributed by atoms with Gasteiger partial charge >= 0.3 is 0 Å². The van der Waals surface area contributed by atoms with E-state index in [9.17, 15) is 0 Å². The van der Waals surface area contributed by atoms with Gasteiger partial charge < -0.3 is 11.2 Å². The number of halogens is 1. The number of nitrogens with zero attached hydrogens (tertiary/aromatic N) is 2. The van der Waals surface area contributed by atoms with E-state index in [1.54, 1.807) is 18.6 Å². The Morgan fingerprint density at radius 1 is 1.36 bits per heavy atom. The van der Waals surface area contributed by atoms with Gasteiger partial charge in [0.05, 0.1) is 5.69 Å². The number of aromatic nitrogens is 2. The highest BCUT2D eigenvalue weighted by Gasteiger charge is 1.87. The van der Waals surface area contributed by atoms with Gasteiger partial charge in [-0.25, -0.2) is 0 Å². The molecule has 4 N–H and O–H groups in total. The third-order valence-corrected chi connectivity index (χ3v) is 1.02. The van der Waals surface area contributed by atoms with Gasteiger partial charge in [0, 0.05) is 25.0 Å². The van der Waals surface area contributed by atoms with Crippen molar-refractivity contribution in [1.29, 1.82) is 0 Å². The van der Waals surface area contributed by atoms with Crippen LogP contribution >= 0.6 is 12.4 Å². The number of hydrogen-bond acceptors (Lipinski definition) is 3. The van der Waals surface area contributed by atoms with Gasteiger partial charge in [0.25, 0.3) is 0 Å². The van der Waals surface area contributed by atoms with Crippen LogP contribution in [0.15, 0.2) is 18.6 Å². The molecule has 0 radical (unpaired) electrons. The first-order valence-electron chi connectivity index (χ1n) is 2.88. The molecule has 0 fully saturated rings. The van der Waals surface area contributed by atoms with E-state index in [2.05, 4.69) is 9.97 Å². The molecule has 0 aliphatic heterocycles. The molecule has 0 spiro atoms. The third kappa shape index (κ3) is 4.66. The normalized spacial score (nSPS) is 7.73. The van der Waals surface area contributed by atoms with Crippen molar-refractivity contribution in [3.05, 3.63) is 24.3 Å². The van der Waals surface area contributed by atoms with E-state index >= 15 is 0 Å². The lowest BCUT2D eigenvalue weighted by molar-refractivity contribution is 0.824. The van der Waals surface area contributed by atoms with Gasteiger partial charge in [-0.15, -0.1) is 12.4 Å². The van der Waals surface area contributed by atoms with Crippen molar-refractivity contribution in [3.8, 4) is 0 Å². The van der Waals surface area contributed by atoms with Crippen molar-refractivity contribution in [2.45, 2.75) is 6.42 Å². The summed E-state index contributed by atoms with van der Waals surface area (Å²) in [5, 5.41) is 0. The maximum atomic E-state index is 5.29. The van der Waals surface area contributed by atoms with Crippen molar-refractivity contribution in [2.24, 2.45) is 5.73 Å². The second kappa shape index (κ2) is 7.40. The minimum atomic E-state index is 0. The zero-order valence-electron chi connectivity index (χ0n) is 6.03. The number of hydrogen-bond donors (Lipinski definition) is 1. The van der Waals surface area contributed by atoms with Gasteiger partial charge in [-0.2, -0.15) is 0 Å². The third-order valence-electron chi connectivity index (χ3n) is 1.02. The molecule has 64 valence electrons. The minimum Gasteiger partial charge on any atom is -0.412 e. The van der Waals surface area contributed by atoms with Gasteiger partial charge in [-0.1, -0.05) is 0 Å². The standard InChI is InChI=1S/C6H9N3.ClH.H2O/c7-2-1-6-5-8-3-4-9-6;;/h3-5H,1-2,7H2;1H;1H2. The van der Waals surface area contributed by atoms with Crippen molar-refractivity contribution in [1.82, 2.24) is 9.97 Å². The molecule has 0 aliphatic carbocycles. The maximum absolute atomic E-state index is 5.29. The van der Waals surface area contributed by atoms with Crippen molar-refractivity contribution in [2.75, 3.05) is 6.54 Å². The lowest BCUT2D eigenvalue weighted by atomic mass is 10.3. The summed E-state index contributed by atoms with van der Waals surface area (Å²) in [6.07, 6.45) is 5.87. The van der Waals surface area contributed by atoms with Crippen molar-refractivity contribution in [3.63, 3.8) is 0 Å². The summed E-state index contributed by atoms with van der Waals surface area (Å²) in [5.41, 5.74) is 6.25. The van der Waals surface area contributed by atoms with Crippen molar-refractivity contribution < 1.29 is 5.48 Å². The molecule has 1 heterocycles. The molecular weight excluding hydrogens is 166 g/mol. The zero-order valence-corrected chi connectivity index (χ0v) is 6.84. The first-order valence-corrected chi connectivity index (χ1v) is 2.88. The highest BCUT2D eigenvalue weighted by atomic mass is 35.5. The van der Waals surface area contributed by atoms with E-state index in [4.69, 9.17) is 5.73 Å². The fourth-order valence-corrected chi connectivity index (χ4v) is 0.607. The van der Waals surface area contributed by atoms with Crippen LogP contribution < -0.4 is 5.73 Å². The summed E-state index contributed by atoms with van der Waals surface area (Å²) in [4.78, 5) is 7.91. The van der Waals surface area contributed by atoms with Crippen LogP contribution in [0.2, 0.25) is 0 Å². The predicted molar refractivity (Wildman–Crippen MR) is 45.7 cm³/mol. The van der Waals surface area contributed by atoms with Crippen LogP contribution in [0.25, 0.3) is 0 Å². The van der Waals surface area contributed by atoms with Gasteiger partial charge in [0.15, 0.2) is 0 Å². The minimum absolute atomic E-state index is 0. The SMILES string of the molecule is Cl.NCCc1cnccn1.O. The molecule has 1 aromatic heterocycles. The molecule has 1 rings (SSSR count). The fraction of sp³-hybridized carbons (Fsp3) is 0.333. The molecule has 0 aliphatic rings. The Labute approximate surface area is 71.6 Å². The Bertz CT molecular complexity index is 171. The highest BCUT2D eigenvalue weighted by Crippen LogP contribution is 1.87. The smallest absolute Gasteiger partial charge is 0.0599 e. The quantitative estimate of drug-likeness (QED) is 0.666. The van der Waals surface area contributed by atoms with E-state index in [-0.39, 0.29) is 17.9 Å². The summed E-state index contributed by atoms with van der Waals surface area (Å²) in [6.45, 7) is 0.638. The molecule has 11 heavy (non-hydrogen) atoms. The second-order valence-corrected chi connectivity index (χ2v) is 1.74. The average molecular weight is 178 g/mol. The molecule has 0 bridgehead atoms. The molecule has 1 aromatic rings. The molecule has 0 atom stereocenters. The van der Waals surface area contributed by atoms with Crippen LogP contribution in [0.5, 0.6) is 0 Å². The Morgan fingerprint density at radius 2 is 2.09 bits per heavy atom. The molecule has 0 aromatic carbocycles. The first kappa shape index (κ1) is 12.9. The Hall–Kier alpha value is -0.710. The average Bonchev–Trinajstić information content (AvgIpc) is 1.91. The molecule has 5 heteroatoms. The van der Waals surface area contributed by atoms with E-state index in [1.807, 2.05) is 0 Å². The second-order valence-electron chi connectivity index (χ2n) is 1.74. The largest absolute Gasteiger partial charge is 0.412 e. The van der Waals surface area contributed by atoms with E-state index < -0.39 is 0 Å². The Morgan fingerprint density at radius 3 is 2.55 bits per heavy atom. The monoisotopic (exact) mass is 177 g/mol. The molecule has 0 amide bonds. The molecule has 0 saturated carbocycles. The van der Waals surface area contributed by atoms with E-state index in [0.29, 0.717) is 6.54 Å². The number of rotatable bonds is 2. The summed E-state index contributed by atoms with van der Waals surface area (Å²) in [6, 6.07) is 0. The van der Waals surface area contributed by atoms with Crippen LogP contribution in [0.4, 0.5) is 0 Å². The Kier molecular flexibility index (Phi) is 8.69. The zero-order chi connectivity index (χ0) is 6.53. The lowest BCUT2D eigenvalue weighted by Gasteiger charge is -1.92. The molecule has 0 saturated heterocycles. The topological polar surface area (TPSA) is 83.3 Å². The number of nitrogens with two attached hydrogens (primary N) is 1. The van der Waals surface area contributed by atoms with Crippen LogP contribution in [0.1, 0.15) is 5.69 Å². The fourth-order valence-electron chi connectivity index (χ4n) is 0.607. The van der Waals surface area contributed by atoms with Gasteiger partial charge in [0.1, 0.15) is 0 Å². The van der Waals surface area contributed by atoms with E-state index in [1.165, 1.54) is 0 Å². The van der Waals surface area contributed by atoms with Crippen LogP contribution in [0.3, 0.4) is 0 Å². The van der Waals surface area contributed by atoms with Crippen LogP contribution in [-0.4, -0.2) is 22.0 Å². The van der Waals surface area contributed by atoms with Crippen LogP contribution in [0, 0.1) is 0 Å². The first-order chi connectivity index (χ1) is 4.43. The molecule has 4 nitrogen and oxygen atoms in total. The summed E-state index contributed by atoms with van der Waals surface area (Å²) in [7, 11) is 0.